The highest BCUT2D eigenvalue weighted by atomic mass is 32.2. The fraction of sp³-hybridized carbons (Fsp3) is 0.500. The molecule has 0 unspecified atom stereocenters. The molecule has 1 saturated heterocycles. The van der Waals surface area contributed by atoms with Crippen molar-refractivity contribution in [3.8, 4) is 0 Å². The number of nitrogens with zero attached hydrogens (tertiary/aromatic N) is 2. The fourth-order valence-corrected chi connectivity index (χ4v) is 3.13. The highest BCUT2D eigenvalue weighted by molar-refractivity contribution is 8.00. The van der Waals surface area contributed by atoms with Crippen LogP contribution in [0.2, 0.25) is 0 Å². The van der Waals surface area contributed by atoms with Crippen molar-refractivity contribution in [2.45, 2.75) is 18.6 Å². The summed E-state index contributed by atoms with van der Waals surface area (Å²) in [7, 11) is 0. The van der Waals surface area contributed by atoms with E-state index in [0.29, 0.717) is 13.1 Å². The lowest BCUT2D eigenvalue weighted by Crippen LogP contribution is -2.44. The second kappa shape index (κ2) is 4.76. The normalized spacial score (nSPS) is 18.7. The lowest BCUT2D eigenvalue weighted by Gasteiger charge is -2.38. The molecule has 1 aliphatic rings. The number of carbonyl (C=O) groups is 1. The summed E-state index contributed by atoms with van der Waals surface area (Å²) in [6.45, 7) is 5.51. The van der Waals surface area contributed by atoms with E-state index < -0.39 is 11.8 Å². The third kappa shape index (κ3) is 2.58. The zero-order chi connectivity index (χ0) is 13.3. The lowest BCUT2D eigenvalue weighted by atomic mass is 10.1. The molecule has 98 valence electrons. The van der Waals surface area contributed by atoms with Gasteiger partial charge in [-0.2, -0.15) is 11.8 Å². The standard InChI is InChI=1S/C12H15FN2O2S/c1-12(2)7-15(5-6-18-12)10-9(13)8(11(16)17)3-4-14-10/h3-4H,5-7H2,1-2H3,(H,16,17). The molecule has 18 heavy (non-hydrogen) atoms. The summed E-state index contributed by atoms with van der Waals surface area (Å²) >= 11 is 1.83. The van der Waals surface area contributed by atoms with E-state index in [4.69, 9.17) is 5.11 Å². The van der Waals surface area contributed by atoms with Gasteiger partial charge in [-0.05, 0) is 19.9 Å². The van der Waals surface area contributed by atoms with Crippen LogP contribution in [0.4, 0.5) is 10.2 Å². The molecule has 2 heterocycles. The first kappa shape index (κ1) is 13.1. The molecule has 0 saturated carbocycles. The molecule has 0 aliphatic carbocycles. The first-order valence-electron chi connectivity index (χ1n) is 5.67. The van der Waals surface area contributed by atoms with E-state index >= 15 is 0 Å². The SMILES string of the molecule is CC1(C)CN(c2nccc(C(=O)O)c2F)CCS1. The van der Waals surface area contributed by atoms with Gasteiger partial charge in [-0.25, -0.2) is 14.2 Å². The van der Waals surface area contributed by atoms with Gasteiger partial charge in [0.2, 0.25) is 0 Å². The summed E-state index contributed by atoms with van der Waals surface area (Å²) in [6, 6.07) is 1.19. The number of hydrogen-bond donors (Lipinski definition) is 1. The van der Waals surface area contributed by atoms with Gasteiger partial charge in [0.15, 0.2) is 11.6 Å². The van der Waals surface area contributed by atoms with Crippen molar-refractivity contribution in [2.24, 2.45) is 0 Å². The van der Waals surface area contributed by atoms with Gasteiger partial charge in [0, 0.05) is 29.8 Å². The number of aromatic nitrogens is 1. The predicted octanol–water partition coefficient (Wildman–Crippen LogP) is 2.25. The minimum atomic E-state index is -1.26. The smallest absolute Gasteiger partial charge is 0.338 e. The number of carboxylic acids is 1. The highest BCUT2D eigenvalue weighted by Crippen LogP contribution is 2.32. The van der Waals surface area contributed by atoms with Crippen molar-refractivity contribution in [3.05, 3.63) is 23.6 Å². The number of halogens is 1. The van der Waals surface area contributed by atoms with Crippen LogP contribution in [-0.4, -0.2) is 39.6 Å². The van der Waals surface area contributed by atoms with Crippen LogP contribution >= 0.6 is 11.8 Å². The minimum Gasteiger partial charge on any atom is -0.478 e. The summed E-state index contributed by atoms with van der Waals surface area (Å²) in [5.74, 6) is -0.983. The number of rotatable bonds is 2. The van der Waals surface area contributed by atoms with E-state index in [2.05, 4.69) is 18.8 Å². The Morgan fingerprint density at radius 3 is 2.94 bits per heavy atom. The van der Waals surface area contributed by atoms with Crippen LogP contribution in [0.15, 0.2) is 12.3 Å². The van der Waals surface area contributed by atoms with Crippen LogP contribution in [0.5, 0.6) is 0 Å². The van der Waals surface area contributed by atoms with Gasteiger partial charge < -0.3 is 10.0 Å². The monoisotopic (exact) mass is 270 g/mol. The second-order valence-corrected chi connectivity index (χ2v) is 6.63. The van der Waals surface area contributed by atoms with Crippen molar-refractivity contribution < 1.29 is 14.3 Å². The third-order valence-electron chi connectivity index (χ3n) is 2.83. The van der Waals surface area contributed by atoms with Crippen LogP contribution < -0.4 is 4.90 Å². The molecule has 1 N–H and O–H groups in total. The molecule has 1 fully saturated rings. The van der Waals surface area contributed by atoms with Gasteiger partial charge in [0.1, 0.15) is 5.56 Å². The predicted molar refractivity (Wildman–Crippen MR) is 69.9 cm³/mol. The Balaban J connectivity index is 2.34. The van der Waals surface area contributed by atoms with Crippen LogP contribution in [-0.2, 0) is 0 Å². The van der Waals surface area contributed by atoms with E-state index in [1.165, 1.54) is 12.3 Å². The van der Waals surface area contributed by atoms with Crippen molar-refractivity contribution in [2.75, 3.05) is 23.7 Å². The van der Waals surface area contributed by atoms with E-state index in [-0.39, 0.29) is 16.1 Å². The summed E-state index contributed by atoms with van der Waals surface area (Å²) in [5, 5.41) is 8.90. The number of aromatic carboxylic acids is 1. The summed E-state index contributed by atoms with van der Waals surface area (Å²) in [5.41, 5.74) is -0.323. The molecule has 0 spiro atoms. The largest absolute Gasteiger partial charge is 0.478 e. The van der Waals surface area contributed by atoms with E-state index in [1.54, 1.807) is 0 Å². The zero-order valence-corrected chi connectivity index (χ0v) is 11.1. The van der Waals surface area contributed by atoms with E-state index in [0.717, 1.165) is 5.75 Å². The Kier molecular flexibility index (Phi) is 3.47. The average Bonchev–Trinajstić information content (AvgIpc) is 2.27. The number of thioether (sulfide) groups is 1. The zero-order valence-electron chi connectivity index (χ0n) is 10.3. The Morgan fingerprint density at radius 2 is 2.33 bits per heavy atom. The van der Waals surface area contributed by atoms with Crippen molar-refractivity contribution in [3.63, 3.8) is 0 Å². The molecule has 1 aromatic heterocycles. The maximum Gasteiger partial charge on any atom is 0.338 e. The number of carboxylic acid groups (broad SMARTS) is 1. The summed E-state index contributed by atoms with van der Waals surface area (Å²) in [6.07, 6.45) is 1.34. The van der Waals surface area contributed by atoms with E-state index in [1.807, 2.05) is 16.7 Å². The van der Waals surface area contributed by atoms with Crippen molar-refractivity contribution in [1.29, 1.82) is 0 Å². The Labute approximate surface area is 109 Å². The molecule has 6 heteroatoms. The molecule has 0 atom stereocenters. The molecular formula is C12H15FN2O2S. The highest BCUT2D eigenvalue weighted by Gasteiger charge is 2.30. The number of anilines is 1. The van der Waals surface area contributed by atoms with Gasteiger partial charge in [-0.15, -0.1) is 0 Å². The molecule has 4 nitrogen and oxygen atoms in total. The van der Waals surface area contributed by atoms with E-state index in [9.17, 15) is 9.18 Å². The molecule has 0 aromatic carbocycles. The van der Waals surface area contributed by atoms with Gasteiger partial charge in [-0.3, -0.25) is 0 Å². The Hall–Kier alpha value is -1.30. The molecule has 1 aromatic rings. The molecule has 0 bridgehead atoms. The Bertz CT molecular complexity index is 479. The molecular weight excluding hydrogens is 255 g/mol. The number of hydrogen-bond acceptors (Lipinski definition) is 4. The topological polar surface area (TPSA) is 53.4 Å². The maximum absolute atomic E-state index is 14.1. The summed E-state index contributed by atoms with van der Waals surface area (Å²) < 4.78 is 14.1. The molecule has 1 aliphatic heterocycles. The second-order valence-electron chi connectivity index (χ2n) is 4.83. The van der Waals surface area contributed by atoms with Gasteiger partial charge in [-0.1, -0.05) is 0 Å². The molecule has 0 amide bonds. The quantitative estimate of drug-likeness (QED) is 0.893. The van der Waals surface area contributed by atoms with Crippen LogP contribution in [0.25, 0.3) is 0 Å². The molecule has 0 radical (unpaired) electrons. The Morgan fingerprint density at radius 1 is 1.61 bits per heavy atom. The molecule has 2 rings (SSSR count). The fourth-order valence-electron chi connectivity index (χ4n) is 2.02. The average molecular weight is 270 g/mol. The van der Waals surface area contributed by atoms with Gasteiger partial charge in [0.25, 0.3) is 0 Å². The van der Waals surface area contributed by atoms with Gasteiger partial charge >= 0.3 is 5.97 Å². The van der Waals surface area contributed by atoms with Crippen molar-refractivity contribution in [1.82, 2.24) is 4.98 Å². The van der Waals surface area contributed by atoms with Crippen LogP contribution in [0.3, 0.4) is 0 Å². The lowest BCUT2D eigenvalue weighted by molar-refractivity contribution is 0.0691. The number of pyridine rings is 1. The summed E-state index contributed by atoms with van der Waals surface area (Å²) in [4.78, 5) is 16.7. The minimum absolute atomic E-state index is 0.0194. The first-order valence-corrected chi connectivity index (χ1v) is 6.66. The van der Waals surface area contributed by atoms with Gasteiger partial charge in [0.05, 0.1) is 0 Å². The first-order chi connectivity index (χ1) is 8.41. The van der Waals surface area contributed by atoms with Crippen molar-refractivity contribution >= 4 is 23.5 Å². The van der Waals surface area contributed by atoms with Crippen LogP contribution in [0, 0.1) is 5.82 Å². The third-order valence-corrected chi connectivity index (χ3v) is 4.12. The van der Waals surface area contributed by atoms with Crippen LogP contribution in [0.1, 0.15) is 24.2 Å². The maximum atomic E-state index is 14.1.